The number of aliphatic carboxylic acids is 1. The van der Waals surface area contributed by atoms with Crippen molar-refractivity contribution in [2.75, 3.05) is 13.1 Å². The molecule has 0 aromatic rings. The number of hydrogen-bond donors (Lipinski definition) is 1. The Kier molecular flexibility index (Phi) is 4.02. The molecular weight excluding hydrogens is 244 g/mol. The molecule has 2 aliphatic heterocycles. The highest BCUT2D eigenvalue weighted by Gasteiger charge is 2.47. The van der Waals surface area contributed by atoms with Gasteiger partial charge in [0.2, 0.25) is 0 Å². The Morgan fingerprint density at radius 2 is 2.00 bits per heavy atom. The van der Waals surface area contributed by atoms with Gasteiger partial charge >= 0.3 is 12.0 Å². The van der Waals surface area contributed by atoms with Crippen LogP contribution in [0.4, 0.5) is 4.79 Å². The van der Waals surface area contributed by atoms with E-state index in [-0.39, 0.29) is 12.1 Å². The fourth-order valence-corrected chi connectivity index (χ4v) is 3.32. The third-order valence-corrected chi connectivity index (χ3v) is 4.68. The van der Waals surface area contributed by atoms with Crippen molar-refractivity contribution in [3.8, 4) is 0 Å². The van der Waals surface area contributed by atoms with Gasteiger partial charge < -0.3 is 14.9 Å². The van der Waals surface area contributed by atoms with Crippen LogP contribution in [0.2, 0.25) is 0 Å². The van der Waals surface area contributed by atoms with Crippen molar-refractivity contribution >= 4 is 12.0 Å². The number of nitrogens with zero attached hydrogens (tertiary/aromatic N) is 2. The van der Waals surface area contributed by atoms with Crippen molar-refractivity contribution in [2.24, 2.45) is 0 Å². The second-order valence-corrected chi connectivity index (χ2v) is 5.87. The summed E-state index contributed by atoms with van der Waals surface area (Å²) in [7, 11) is 0. The number of urea groups is 1. The van der Waals surface area contributed by atoms with Crippen molar-refractivity contribution < 1.29 is 14.7 Å². The summed E-state index contributed by atoms with van der Waals surface area (Å²) in [4.78, 5) is 27.6. The first-order valence-corrected chi connectivity index (χ1v) is 7.32. The molecule has 0 bridgehead atoms. The molecule has 2 saturated heterocycles. The summed E-state index contributed by atoms with van der Waals surface area (Å²) in [6, 6.07) is 0.203. The monoisotopic (exact) mass is 268 g/mol. The van der Waals surface area contributed by atoms with E-state index in [1.165, 1.54) is 6.42 Å². The second-order valence-electron chi connectivity index (χ2n) is 5.87. The Balaban J connectivity index is 2.16. The van der Waals surface area contributed by atoms with Gasteiger partial charge in [-0.05, 0) is 45.4 Å². The summed E-state index contributed by atoms with van der Waals surface area (Å²) < 4.78 is 0. The molecule has 2 amide bonds. The van der Waals surface area contributed by atoms with Gasteiger partial charge in [0.05, 0.1) is 0 Å². The second kappa shape index (κ2) is 5.39. The molecule has 2 fully saturated rings. The van der Waals surface area contributed by atoms with Crippen LogP contribution in [0, 0.1) is 0 Å². The summed E-state index contributed by atoms with van der Waals surface area (Å²) in [5, 5.41) is 9.40. The molecule has 1 N–H and O–H groups in total. The lowest BCUT2D eigenvalue weighted by molar-refractivity contribution is -0.147. The van der Waals surface area contributed by atoms with Gasteiger partial charge in [-0.15, -0.1) is 0 Å². The van der Waals surface area contributed by atoms with Crippen molar-refractivity contribution in [1.29, 1.82) is 0 Å². The summed E-state index contributed by atoms with van der Waals surface area (Å²) in [6.07, 6.45) is 5.51. The van der Waals surface area contributed by atoms with E-state index in [1.807, 2.05) is 4.90 Å². The van der Waals surface area contributed by atoms with Crippen LogP contribution >= 0.6 is 0 Å². The van der Waals surface area contributed by atoms with Crippen molar-refractivity contribution in [1.82, 2.24) is 9.80 Å². The van der Waals surface area contributed by atoms with Gasteiger partial charge in [0.15, 0.2) is 0 Å². The largest absolute Gasteiger partial charge is 0.480 e. The standard InChI is InChI=1S/C14H24N2O3/c1-3-11-7-4-5-9-15(11)13(19)16-10-6-8-14(16,2)12(17)18/h11H,3-10H2,1-2H3,(H,17,18). The molecule has 0 saturated carbocycles. The van der Waals surface area contributed by atoms with Gasteiger partial charge in [0, 0.05) is 19.1 Å². The lowest BCUT2D eigenvalue weighted by atomic mass is 9.98. The minimum Gasteiger partial charge on any atom is -0.480 e. The van der Waals surface area contributed by atoms with E-state index < -0.39 is 11.5 Å². The van der Waals surface area contributed by atoms with Gasteiger partial charge in [-0.2, -0.15) is 0 Å². The molecule has 5 nitrogen and oxygen atoms in total. The molecule has 2 unspecified atom stereocenters. The van der Waals surface area contributed by atoms with E-state index in [0.717, 1.165) is 32.2 Å². The smallest absolute Gasteiger partial charge is 0.329 e. The molecule has 0 aromatic heterocycles. The van der Waals surface area contributed by atoms with E-state index >= 15 is 0 Å². The number of carbonyl (C=O) groups excluding carboxylic acids is 1. The normalized spacial score (nSPS) is 31.6. The summed E-state index contributed by atoms with van der Waals surface area (Å²) >= 11 is 0. The first-order valence-electron chi connectivity index (χ1n) is 7.32. The zero-order valence-electron chi connectivity index (χ0n) is 11.9. The van der Waals surface area contributed by atoms with Crippen LogP contribution in [0.3, 0.4) is 0 Å². The summed E-state index contributed by atoms with van der Waals surface area (Å²) in [5.74, 6) is -0.886. The van der Waals surface area contributed by atoms with Crippen LogP contribution < -0.4 is 0 Å². The highest BCUT2D eigenvalue weighted by atomic mass is 16.4. The zero-order chi connectivity index (χ0) is 14.0. The van der Waals surface area contributed by atoms with E-state index in [0.29, 0.717) is 13.0 Å². The average Bonchev–Trinajstić information content (AvgIpc) is 2.81. The van der Waals surface area contributed by atoms with Gasteiger partial charge in [-0.1, -0.05) is 6.92 Å². The minimum atomic E-state index is -1.02. The maximum absolute atomic E-state index is 12.7. The third kappa shape index (κ3) is 2.42. The lowest BCUT2D eigenvalue weighted by Gasteiger charge is -2.41. The number of carbonyl (C=O) groups is 2. The quantitative estimate of drug-likeness (QED) is 0.836. The number of amides is 2. The molecular formula is C14H24N2O3. The molecule has 2 rings (SSSR count). The Hall–Kier alpha value is -1.26. The fraction of sp³-hybridized carbons (Fsp3) is 0.857. The van der Waals surface area contributed by atoms with Crippen LogP contribution in [0.25, 0.3) is 0 Å². The molecule has 2 aliphatic rings. The van der Waals surface area contributed by atoms with Gasteiger partial charge in [-0.3, -0.25) is 0 Å². The molecule has 5 heteroatoms. The molecule has 0 aromatic carbocycles. The van der Waals surface area contributed by atoms with Crippen molar-refractivity contribution in [3.05, 3.63) is 0 Å². The van der Waals surface area contributed by atoms with E-state index in [9.17, 15) is 14.7 Å². The molecule has 0 radical (unpaired) electrons. The SMILES string of the molecule is CCC1CCCCN1C(=O)N1CCCC1(C)C(=O)O. The van der Waals surface area contributed by atoms with Gasteiger partial charge in [0.1, 0.15) is 5.54 Å². The number of rotatable bonds is 2. The zero-order valence-corrected chi connectivity index (χ0v) is 11.9. The Morgan fingerprint density at radius 1 is 1.26 bits per heavy atom. The van der Waals surface area contributed by atoms with Gasteiger partial charge in [0.25, 0.3) is 0 Å². The highest BCUT2D eigenvalue weighted by Crippen LogP contribution is 2.32. The summed E-state index contributed by atoms with van der Waals surface area (Å²) in [6.45, 7) is 5.10. The fourth-order valence-electron chi connectivity index (χ4n) is 3.32. The topological polar surface area (TPSA) is 60.9 Å². The molecule has 2 heterocycles. The first kappa shape index (κ1) is 14.2. The molecule has 2 atom stereocenters. The molecule has 108 valence electrons. The van der Waals surface area contributed by atoms with Crippen LogP contribution in [0.1, 0.15) is 52.4 Å². The maximum atomic E-state index is 12.7. The molecule has 0 spiro atoms. The van der Waals surface area contributed by atoms with Gasteiger partial charge in [-0.25, -0.2) is 9.59 Å². The Morgan fingerprint density at radius 3 is 2.63 bits per heavy atom. The van der Waals surface area contributed by atoms with E-state index in [2.05, 4.69) is 6.92 Å². The Bertz CT molecular complexity index is 372. The minimum absolute atomic E-state index is 0.0750. The van der Waals surface area contributed by atoms with Crippen LogP contribution in [-0.2, 0) is 4.79 Å². The number of likely N-dealkylation sites (tertiary alicyclic amines) is 2. The van der Waals surface area contributed by atoms with Crippen LogP contribution in [-0.4, -0.2) is 51.6 Å². The van der Waals surface area contributed by atoms with Crippen molar-refractivity contribution in [3.63, 3.8) is 0 Å². The number of carboxylic acid groups (broad SMARTS) is 1. The van der Waals surface area contributed by atoms with Crippen LogP contribution in [0.15, 0.2) is 0 Å². The predicted molar refractivity (Wildman–Crippen MR) is 72.0 cm³/mol. The molecule has 19 heavy (non-hydrogen) atoms. The predicted octanol–water partition coefficient (Wildman–Crippen LogP) is 2.31. The number of piperidine rings is 1. The first-order chi connectivity index (χ1) is 9.00. The Labute approximate surface area is 114 Å². The molecule has 0 aliphatic carbocycles. The maximum Gasteiger partial charge on any atom is 0.329 e. The van der Waals surface area contributed by atoms with Crippen LogP contribution in [0.5, 0.6) is 0 Å². The van der Waals surface area contributed by atoms with E-state index in [4.69, 9.17) is 0 Å². The van der Waals surface area contributed by atoms with E-state index in [1.54, 1.807) is 11.8 Å². The third-order valence-electron chi connectivity index (χ3n) is 4.68. The lowest BCUT2D eigenvalue weighted by Crippen LogP contribution is -2.57. The summed E-state index contributed by atoms with van der Waals surface area (Å²) in [5.41, 5.74) is -1.02. The number of carboxylic acids is 1. The average molecular weight is 268 g/mol. The van der Waals surface area contributed by atoms with Crippen molar-refractivity contribution in [2.45, 2.75) is 64.0 Å². The highest BCUT2D eigenvalue weighted by molar-refractivity contribution is 5.86. The number of hydrogen-bond acceptors (Lipinski definition) is 2.